The van der Waals surface area contributed by atoms with Crippen LogP contribution in [0.5, 0.6) is 0 Å². The minimum Gasteiger partial charge on any atom is -0.444 e. The van der Waals surface area contributed by atoms with E-state index in [0.29, 0.717) is 13.0 Å². The van der Waals surface area contributed by atoms with E-state index in [0.717, 1.165) is 12.0 Å². The number of ether oxygens (including phenoxy) is 1. The third-order valence-corrected chi connectivity index (χ3v) is 12.9. The van der Waals surface area contributed by atoms with E-state index in [1.807, 2.05) is 20.8 Å². The van der Waals surface area contributed by atoms with Gasteiger partial charge < -0.3 is 14.5 Å². The molecule has 0 heterocycles. The van der Waals surface area contributed by atoms with Gasteiger partial charge in [0.15, 0.2) is 8.32 Å². The summed E-state index contributed by atoms with van der Waals surface area (Å²) >= 11 is 0. The van der Waals surface area contributed by atoms with Crippen LogP contribution in [0.25, 0.3) is 21.5 Å². The van der Waals surface area contributed by atoms with Gasteiger partial charge in [-0.1, -0.05) is 118 Å². The van der Waals surface area contributed by atoms with Crippen molar-refractivity contribution >= 4 is 36.0 Å². The van der Waals surface area contributed by atoms with Crippen molar-refractivity contribution in [1.82, 2.24) is 5.32 Å². The van der Waals surface area contributed by atoms with Crippen molar-refractivity contribution in [3.8, 4) is 0 Å². The summed E-state index contributed by atoms with van der Waals surface area (Å²) in [7, 11) is -1.95. The van der Waals surface area contributed by atoms with Crippen LogP contribution in [0.1, 0.15) is 52.7 Å². The van der Waals surface area contributed by atoms with Crippen molar-refractivity contribution in [2.75, 3.05) is 6.61 Å². The van der Waals surface area contributed by atoms with E-state index in [1.54, 1.807) is 0 Å². The van der Waals surface area contributed by atoms with Gasteiger partial charge in [0.05, 0.1) is 6.04 Å². The number of amides is 1. The molecule has 1 N–H and O–H groups in total. The van der Waals surface area contributed by atoms with E-state index in [-0.39, 0.29) is 17.0 Å². The Labute approximate surface area is 259 Å². The molecule has 4 nitrogen and oxygen atoms in total. The smallest absolute Gasteiger partial charge is 0.408 e. The molecule has 4 aromatic carbocycles. The van der Waals surface area contributed by atoms with Crippen LogP contribution in [-0.2, 0) is 22.0 Å². The molecule has 1 amide bonds. The van der Waals surface area contributed by atoms with Gasteiger partial charge in [-0.25, -0.2) is 4.79 Å². The minimum absolute atomic E-state index is 0.126. The Hall–Kier alpha value is -3.41. The zero-order valence-corrected chi connectivity index (χ0v) is 28.2. The summed E-state index contributed by atoms with van der Waals surface area (Å²) in [6.07, 6.45) is 5.48. The first kappa shape index (κ1) is 32.5. The first-order chi connectivity index (χ1) is 20.2. The van der Waals surface area contributed by atoms with E-state index in [1.165, 1.54) is 27.1 Å². The number of nitrogens with one attached hydrogen (secondary N) is 1. The molecule has 4 rings (SSSR count). The van der Waals surface area contributed by atoms with E-state index < -0.39 is 20.0 Å². The fourth-order valence-electron chi connectivity index (χ4n) is 4.92. The van der Waals surface area contributed by atoms with Gasteiger partial charge in [0.25, 0.3) is 0 Å². The molecule has 0 saturated heterocycles. The lowest BCUT2D eigenvalue weighted by atomic mass is 9.95. The lowest BCUT2D eigenvalue weighted by molar-refractivity contribution is 0.0514. The average Bonchev–Trinajstić information content (AvgIpc) is 2.92. The van der Waals surface area contributed by atoms with Gasteiger partial charge in [-0.05, 0) is 84.4 Å². The van der Waals surface area contributed by atoms with Crippen molar-refractivity contribution in [1.29, 1.82) is 0 Å². The third-order valence-electron chi connectivity index (χ3n) is 8.36. The number of carbonyl (C=O) groups excluding carboxylic acids is 1. The molecule has 228 valence electrons. The van der Waals surface area contributed by atoms with E-state index in [4.69, 9.17) is 9.16 Å². The van der Waals surface area contributed by atoms with Crippen LogP contribution in [0.15, 0.2) is 97.1 Å². The first-order valence-corrected chi connectivity index (χ1v) is 18.4. The summed E-state index contributed by atoms with van der Waals surface area (Å²) in [5.41, 5.74) is 1.86. The van der Waals surface area contributed by atoms with Gasteiger partial charge in [0, 0.05) is 12.5 Å². The number of fused-ring (bicyclic) bond motifs is 2. The van der Waals surface area contributed by atoms with Gasteiger partial charge >= 0.3 is 6.09 Å². The predicted molar refractivity (Wildman–Crippen MR) is 184 cm³/mol. The number of rotatable bonds is 10. The second-order valence-electron chi connectivity index (χ2n) is 14.2. The van der Waals surface area contributed by atoms with Crippen LogP contribution in [0.3, 0.4) is 0 Å². The molecular formula is C38H49NO3Si. The highest BCUT2D eigenvalue weighted by Gasteiger charge is 2.37. The standard InChI is InChI=1S/C38H49NO3Si/c1-37(2,3)42-36(40)39-35(26-29-18-21-32-14-10-12-16-34(32)25-29)22-19-30(27-41-43(7,8)38(4,5)6)23-28-17-20-31-13-9-11-15-33(31)24-28/h9-22,24-25,30,35H,23,26-27H2,1-8H3,(H,39,40)/b22-19+/t30?,35-/m0/s1. The zero-order chi connectivity index (χ0) is 31.3. The first-order valence-electron chi connectivity index (χ1n) is 15.5. The molecule has 0 fully saturated rings. The van der Waals surface area contributed by atoms with Crippen molar-refractivity contribution in [2.24, 2.45) is 5.92 Å². The van der Waals surface area contributed by atoms with Crippen molar-refractivity contribution in [3.63, 3.8) is 0 Å². The van der Waals surface area contributed by atoms with Gasteiger partial charge in [-0.15, -0.1) is 0 Å². The van der Waals surface area contributed by atoms with Crippen LogP contribution in [0.4, 0.5) is 4.79 Å². The van der Waals surface area contributed by atoms with Crippen molar-refractivity contribution < 1.29 is 14.0 Å². The van der Waals surface area contributed by atoms with E-state index in [2.05, 4.69) is 136 Å². The van der Waals surface area contributed by atoms with E-state index >= 15 is 0 Å². The summed E-state index contributed by atoms with van der Waals surface area (Å²) < 4.78 is 12.4. The molecule has 0 saturated carbocycles. The molecule has 0 aromatic heterocycles. The maximum absolute atomic E-state index is 12.9. The molecule has 0 aliphatic carbocycles. The third kappa shape index (κ3) is 9.54. The summed E-state index contributed by atoms with van der Waals surface area (Å²) in [4.78, 5) is 12.9. The quantitative estimate of drug-likeness (QED) is 0.147. The molecule has 0 radical (unpaired) electrons. The van der Waals surface area contributed by atoms with Gasteiger partial charge in [0.1, 0.15) is 5.60 Å². The maximum atomic E-state index is 12.9. The SMILES string of the molecule is CC(C)(C)OC(=O)N[C@@H](/C=C/C(CO[Si](C)(C)C(C)(C)C)Cc1ccc2ccccc2c1)Cc1ccc2ccccc2c1. The largest absolute Gasteiger partial charge is 0.444 e. The Kier molecular flexibility index (Phi) is 10.2. The number of alkyl carbamates (subject to hydrolysis) is 1. The number of benzene rings is 4. The number of carbonyl (C=O) groups is 1. The van der Waals surface area contributed by atoms with Crippen LogP contribution >= 0.6 is 0 Å². The molecule has 0 aliphatic rings. The number of hydrogen-bond acceptors (Lipinski definition) is 3. The molecule has 5 heteroatoms. The zero-order valence-electron chi connectivity index (χ0n) is 27.2. The molecule has 4 aromatic rings. The second-order valence-corrected chi connectivity index (χ2v) is 19.0. The Morgan fingerprint density at radius 1 is 0.744 bits per heavy atom. The maximum Gasteiger partial charge on any atom is 0.408 e. The fourth-order valence-corrected chi connectivity index (χ4v) is 5.98. The highest BCUT2D eigenvalue weighted by Crippen LogP contribution is 2.37. The Balaban J connectivity index is 1.61. The summed E-state index contributed by atoms with van der Waals surface area (Å²) in [6.45, 7) is 17.7. The van der Waals surface area contributed by atoms with Gasteiger partial charge in [0.2, 0.25) is 0 Å². The molecule has 0 aliphatic heterocycles. The highest BCUT2D eigenvalue weighted by molar-refractivity contribution is 6.74. The summed E-state index contributed by atoms with van der Waals surface area (Å²) in [6, 6.07) is 29.8. The van der Waals surface area contributed by atoms with Gasteiger partial charge in [-0.3, -0.25) is 0 Å². The highest BCUT2D eigenvalue weighted by atomic mass is 28.4. The lowest BCUT2D eigenvalue weighted by Crippen LogP contribution is -2.42. The fraction of sp³-hybridized carbons (Fsp3) is 0.395. The Morgan fingerprint density at radius 2 is 1.26 bits per heavy atom. The monoisotopic (exact) mass is 595 g/mol. The average molecular weight is 596 g/mol. The topological polar surface area (TPSA) is 47.6 Å². The van der Waals surface area contributed by atoms with Crippen LogP contribution < -0.4 is 5.32 Å². The Bertz CT molecular complexity index is 1560. The van der Waals surface area contributed by atoms with Crippen LogP contribution in [0, 0.1) is 5.92 Å². The minimum atomic E-state index is -1.95. The summed E-state index contributed by atoms with van der Waals surface area (Å²) in [5.74, 6) is 0.148. The van der Waals surface area contributed by atoms with E-state index in [9.17, 15) is 4.79 Å². The number of hydrogen-bond donors (Lipinski definition) is 1. The van der Waals surface area contributed by atoms with Crippen molar-refractivity contribution in [2.45, 2.75) is 84.2 Å². The molecule has 43 heavy (non-hydrogen) atoms. The van der Waals surface area contributed by atoms with Gasteiger partial charge in [-0.2, -0.15) is 0 Å². The second kappa shape index (κ2) is 13.5. The Morgan fingerprint density at radius 3 is 1.77 bits per heavy atom. The van der Waals surface area contributed by atoms with Crippen LogP contribution in [0.2, 0.25) is 18.1 Å². The molecule has 2 atom stereocenters. The molecule has 0 spiro atoms. The molecular weight excluding hydrogens is 547 g/mol. The predicted octanol–water partition coefficient (Wildman–Crippen LogP) is 9.87. The summed E-state index contributed by atoms with van der Waals surface area (Å²) in [5, 5.41) is 8.14. The molecule has 0 bridgehead atoms. The normalized spacial score (nSPS) is 14.2. The van der Waals surface area contributed by atoms with Crippen molar-refractivity contribution in [3.05, 3.63) is 108 Å². The van der Waals surface area contributed by atoms with Crippen LogP contribution in [-0.4, -0.2) is 32.7 Å². The molecule has 1 unspecified atom stereocenters. The lowest BCUT2D eigenvalue weighted by Gasteiger charge is -2.37.